The summed E-state index contributed by atoms with van der Waals surface area (Å²) in [4.78, 5) is 1.62. The first kappa shape index (κ1) is 8.93. The molecule has 1 aliphatic rings. The van der Waals surface area contributed by atoms with Crippen LogP contribution in [0.2, 0.25) is 0 Å². The van der Waals surface area contributed by atoms with Crippen LogP contribution in [-0.2, 0) is 12.8 Å². The first-order chi connectivity index (χ1) is 6.86. The molecule has 0 aliphatic heterocycles. The summed E-state index contributed by atoms with van der Waals surface area (Å²) in [6, 6.07) is 6.55. The Labute approximate surface area is 96.1 Å². The highest BCUT2D eigenvalue weighted by Gasteiger charge is 2.16. The molecule has 0 saturated carbocycles. The maximum atomic E-state index is 3.63. The number of thiophene rings is 1. The number of hydrogen-bond donors (Lipinski definition) is 0. The Bertz CT molecular complexity index is 484. The summed E-state index contributed by atoms with van der Waals surface area (Å²) < 4.78 is 2.70. The lowest BCUT2D eigenvalue weighted by atomic mass is 9.96. The van der Waals surface area contributed by atoms with Crippen LogP contribution in [0.5, 0.6) is 0 Å². The van der Waals surface area contributed by atoms with Crippen LogP contribution in [0.15, 0.2) is 22.7 Å². The predicted molar refractivity (Wildman–Crippen MR) is 66.2 cm³/mol. The van der Waals surface area contributed by atoms with Crippen molar-refractivity contribution in [1.29, 1.82) is 0 Å². The molecule has 1 aliphatic carbocycles. The lowest BCUT2D eigenvalue weighted by molar-refractivity contribution is 0.700. The highest BCUT2D eigenvalue weighted by molar-refractivity contribution is 9.10. The van der Waals surface area contributed by atoms with E-state index < -0.39 is 0 Å². The summed E-state index contributed by atoms with van der Waals surface area (Å²) in [5.41, 5.74) is 1.62. The van der Waals surface area contributed by atoms with Gasteiger partial charge in [0, 0.05) is 14.0 Å². The second kappa shape index (κ2) is 3.35. The zero-order chi connectivity index (χ0) is 9.54. The molecule has 2 heteroatoms. The smallest absolute Gasteiger partial charge is 0.0490 e. The summed E-state index contributed by atoms with van der Waals surface area (Å²) in [5, 5.41) is 1.49. The van der Waals surface area contributed by atoms with Crippen molar-refractivity contribution in [3.05, 3.63) is 33.1 Å². The van der Waals surface area contributed by atoms with Gasteiger partial charge in [0.25, 0.3) is 0 Å². The summed E-state index contributed by atoms with van der Waals surface area (Å²) in [7, 11) is 0. The molecule has 2 aromatic rings. The zero-order valence-corrected chi connectivity index (χ0v) is 10.2. The van der Waals surface area contributed by atoms with Gasteiger partial charge in [-0.3, -0.25) is 0 Å². The van der Waals surface area contributed by atoms with E-state index in [1.54, 1.807) is 10.4 Å². The Morgan fingerprint density at radius 3 is 2.93 bits per heavy atom. The van der Waals surface area contributed by atoms with Gasteiger partial charge in [-0.2, -0.15) is 0 Å². The molecule has 0 radical (unpaired) electrons. The minimum atomic E-state index is 1.26. The Morgan fingerprint density at radius 2 is 2.00 bits per heavy atom. The van der Waals surface area contributed by atoms with Crippen LogP contribution in [0.25, 0.3) is 10.1 Å². The van der Waals surface area contributed by atoms with Gasteiger partial charge in [-0.25, -0.2) is 0 Å². The van der Waals surface area contributed by atoms with Crippen molar-refractivity contribution < 1.29 is 0 Å². The Morgan fingerprint density at radius 1 is 1.14 bits per heavy atom. The molecule has 72 valence electrons. The summed E-state index contributed by atoms with van der Waals surface area (Å²) in [5.74, 6) is 0. The molecule has 0 atom stereocenters. The number of hydrogen-bond acceptors (Lipinski definition) is 1. The van der Waals surface area contributed by atoms with E-state index in [0.29, 0.717) is 0 Å². The molecule has 1 aromatic carbocycles. The second-order valence-electron chi connectivity index (χ2n) is 3.83. The molecule has 0 fully saturated rings. The van der Waals surface area contributed by atoms with Crippen molar-refractivity contribution in [2.24, 2.45) is 0 Å². The Balaban J connectivity index is 2.36. The topological polar surface area (TPSA) is 0 Å². The maximum absolute atomic E-state index is 3.63. The highest BCUT2D eigenvalue weighted by atomic mass is 79.9. The third-order valence-corrected chi connectivity index (χ3v) is 5.20. The Kier molecular flexibility index (Phi) is 2.14. The van der Waals surface area contributed by atoms with Crippen LogP contribution in [-0.4, -0.2) is 0 Å². The molecular weight excluding hydrogens is 256 g/mol. The largest absolute Gasteiger partial charge is 0.139 e. The van der Waals surface area contributed by atoms with Gasteiger partial charge in [0.15, 0.2) is 0 Å². The van der Waals surface area contributed by atoms with Crippen molar-refractivity contribution in [3.8, 4) is 0 Å². The summed E-state index contributed by atoms with van der Waals surface area (Å²) in [6.07, 6.45) is 5.32. The maximum Gasteiger partial charge on any atom is 0.0490 e. The molecule has 0 unspecified atom stereocenters. The van der Waals surface area contributed by atoms with Crippen LogP contribution < -0.4 is 0 Å². The van der Waals surface area contributed by atoms with E-state index in [1.165, 1.54) is 40.2 Å². The molecule has 0 saturated heterocycles. The zero-order valence-electron chi connectivity index (χ0n) is 7.85. The lowest BCUT2D eigenvalue weighted by Gasteiger charge is -2.09. The second-order valence-corrected chi connectivity index (χ2v) is 5.79. The normalized spacial score (nSPS) is 15.8. The van der Waals surface area contributed by atoms with Gasteiger partial charge in [0.2, 0.25) is 0 Å². The van der Waals surface area contributed by atoms with Crippen molar-refractivity contribution in [3.63, 3.8) is 0 Å². The third kappa shape index (κ3) is 1.24. The molecule has 0 spiro atoms. The summed E-state index contributed by atoms with van der Waals surface area (Å²) >= 11 is 5.61. The standard InChI is InChI=1S/C12H11BrS/c13-10-6-3-5-9-8-4-1-2-7-11(8)14-12(9)10/h3,5-6H,1-2,4,7H2. The fourth-order valence-electron chi connectivity index (χ4n) is 2.25. The first-order valence-corrected chi connectivity index (χ1v) is 6.66. The monoisotopic (exact) mass is 266 g/mol. The van der Waals surface area contributed by atoms with Gasteiger partial charge in [0.05, 0.1) is 0 Å². The van der Waals surface area contributed by atoms with E-state index in [2.05, 4.69) is 34.1 Å². The predicted octanol–water partition coefficient (Wildman–Crippen LogP) is 4.54. The van der Waals surface area contributed by atoms with Crippen molar-refractivity contribution in [1.82, 2.24) is 0 Å². The molecule has 0 bridgehead atoms. The van der Waals surface area contributed by atoms with Gasteiger partial charge in [-0.05, 0) is 58.6 Å². The van der Waals surface area contributed by atoms with E-state index in [-0.39, 0.29) is 0 Å². The number of rotatable bonds is 0. The van der Waals surface area contributed by atoms with Gasteiger partial charge in [0.1, 0.15) is 0 Å². The van der Waals surface area contributed by atoms with Crippen LogP contribution in [0.1, 0.15) is 23.3 Å². The van der Waals surface area contributed by atoms with E-state index in [9.17, 15) is 0 Å². The molecule has 0 nitrogen and oxygen atoms in total. The number of aryl methyl sites for hydroxylation is 2. The van der Waals surface area contributed by atoms with Gasteiger partial charge >= 0.3 is 0 Å². The van der Waals surface area contributed by atoms with E-state index in [1.807, 2.05) is 11.3 Å². The van der Waals surface area contributed by atoms with Crippen LogP contribution in [0, 0.1) is 0 Å². The molecule has 14 heavy (non-hydrogen) atoms. The fourth-order valence-corrected chi connectivity index (χ4v) is 4.15. The van der Waals surface area contributed by atoms with Crippen LogP contribution in [0.3, 0.4) is 0 Å². The number of benzene rings is 1. The number of fused-ring (bicyclic) bond motifs is 3. The van der Waals surface area contributed by atoms with E-state index in [4.69, 9.17) is 0 Å². The lowest BCUT2D eigenvalue weighted by Crippen LogP contribution is -1.97. The third-order valence-electron chi connectivity index (χ3n) is 2.93. The highest BCUT2D eigenvalue weighted by Crippen LogP contribution is 2.39. The average Bonchev–Trinajstić information content (AvgIpc) is 2.59. The van der Waals surface area contributed by atoms with Crippen molar-refractivity contribution >= 4 is 37.4 Å². The van der Waals surface area contributed by atoms with Crippen LogP contribution >= 0.6 is 27.3 Å². The molecular formula is C12H11BrS. The molecule has 0 amide bonds. The molecule has 0 N–H and O–H groups in total. The molecule has 3 rings (SSSR count). The van der Waals surface area contributed by atoms with Gasteiger partial charge in [-0.15, -0.1) is 11.3 Å². The van der Waals surface area contributed by atoms with Gasteiger partial charge in [-0.1, -0.05) is 12.1 Å². The Hall–Kier alpha value is -0.340. The number of halogens is 1. The van der Waals surface area contributed by atoms with Crippen molar-refractivity contribution in [2.75, 3.05) is 0 Å². The van der Waals surface area contributed by atoms with Crippen LogP contribution in [0.4, 0.5) is 0 Å². The summed E-state index contributed by atoms with van der Waals surface area (Å²) in [6.45, 7) is 0. The SMILES string of the molecule is Brc1cccc2c3c(sc12)CCCC3. The average molecular weight is 267 g/mol. The van der Waals surface area contributed by atoms with E-state index >= 15 is 0 Å². The quantitative estimate of drug-likeness (QED) is 0.657. The molecule has 1 aromatic heterocycles. The minimum absolute atomic E-state index is 1.26. The first-order valence-electron chi connectivity index (χ1n) is 5.05. The fraction of sp³-hybridized carbons (Fsp3) is 0.333. The van der Waals surface area contributed by atoms with E-state index in [0.717, 1.165) is 0 Å². The minimum Gasteiger partial charge on any atom is -0.139 e. The van der Waals surface area contributed by atoms with Gasteiger partial charge < -0.3 is 0 Å². The molecule has 1 heterocycles. The van der Waals surface area contributed by atoms with Crippen molar-refractivity contribution in [2.45, 2.75) is 25.7 Å².